The third kappa shape index (κ3) is 6.96. The number of hydrogen-bond acceptors (Lipinski definition) is 4. The summed E-state index contributed by atoms with van der Waals surface area (Å²) in [6.07, 6.45) is 16.3. The molecule has 2 aliphatic rings. The van der Waals surface area contributed by atoms with Crippen LogP contribution in [0, 0.1) is 17.8 Å². The van der Waals surface area contributed by atoms with Gasteiger partial charge in [-0.2, -0.15) is 0 Å². The van der Waals surface area contributed by atoms with E-state index in [4.69, 9.17) is 0 Å². The molecule has 192 valence electrons. The number of benzene rings is 1. The van der Waals surface area contributed by atoms with E-state index in [1.165, 1.54) is 38.5 Å². The van der Waals surface area contributed by atoms with E-state index in [0.29, 0.717) is 0 Å². The molecular formula is C30H41N5O. The molecule has 0 atom stereocenters. The van der Waals surface area contributed by atoms with Crippen LogP contribution in [0.4, 0.5) is 11.5 Å². The van der Waals surface area contributed by atoms with Crippen LogP contribution in [0.3, 0.4) is 0 Å². The number of anilines is 2. The zero-order chi connectivity index (χ0) is 25.3. The molecule has 1 aromatic carbocycles. The second-order valence-electron chi connectivity index (χ2n) is 10.4. The summed E-state index contributed by atoms with van der Waals surface area (Å²) in [4.78, 5) is 24.7. The zero-order valence-electron chi connectivity index (χ0n) is 21.9. The molecule has 0 unspecified atom stereocenters. The lowest BCUT2D eigenvalue weighted by molar-refractivity contribution is -0.120. The van der Waals surface area contributed by atoms with Gasteiger partial charge in [0.05, 0.1) is 17.2 Å². The first-order chi connectivity index (χ1) is 17.6. The number of aromatic nitrogens is 3. The Morgan fingerprint density at radius 1 is 1.03 bits per heavy atom. The second-order valence-corrected chi connectivity index (χ2v) is 10.4. The molecular weight excluding hydrogens is 446 g/mol. The maximum Gasteiger partial charge on any atom is 0.227 e. The Morgan fingerprint density at radius 2 is 1.72 bits per heavy atom. The predicted molar refractivity (Wildman–Crippen MR) is 150 cm³/mol. The van der Waals surface area contributed by atoms with Gasteiger partial charge in [-0.05, 0) is 61.8 Å². The zero-order valence-corrected chi connectivity index (χ0v) is 21.9. The van der Waals surface area contributed by atoms with Gasteiger partial charge >= 0.3 is 0 Å². The Morgan fingerprint density at radius 3 is 2.36 bits per heavy atom. The van der Waals surface area contributed by atoms with E-state index in [1.54, 1.807) is 6.20 Å². The second kappa shape index (κ2) is 12.7. The molecule has 0 bridgehead atoms. The van der Waals surface area contributed by atoms with Crippen LogP contribution in [-0.2, 0) is 4.79 Å². The van der Waals surface area contributed by atoms with Gasteiger partial charge in [-0.25, -0.2) is 9.97 Å². The molecule has 1 amide bonds. The maximum atomic E-state index is 12.5. The van der Waals surface area contributed by atoms with E-state index in [-0.39, 0.29) is 11.8 Å². The van der Waals surface area contributed by atoms with Crippen LogP contribution in [0.15, 0.2) is 49.2 Å². The fraction of sp³-hybridized carbons (Fsp3) is 0.500. The lowest BCUT2D eigenvalue weighted by Gasteiger charge is -2.23. The highest BCUT2D eigenvalue weighted by Gasteiger charge is 2.20. The number of hydrogen-bond donors (Lipinski definition) is 3. The van der Waals surface area contributed by atoms with Crippen molar-refractivity contribution >= 4 is 28.4 Å². The smallest absolute Gasteiger partial charge is 0.227 e. The van der Waals surface area contributed by atoms with Gasteiger partial charge in [0.25, 0.3) is 0 Å². The number of pyridine rings is 1. The van der Waals surface area contributed by atoms with Crippen LogP contribution in [0.2, 0.25) is 0 Å². The normalized spacial score (nSPS) is 20.6. The predicted octanol–water partition coefficient (Wildman–Crippen LogP) is 7.57. The number of rotatable bonds is 5. The molecule has 5 rings (SSSR count). The molecule has 0 saturated heterocycles. The summed E-state index contributed by atoms with van der Waals surface area (Å²) in [6, 6.07) is 9.75. The number of H-pyrrole nitrogens is 1. The van der Waals surface area contributed by atoms with Gasteiger partial charge in [0.2, 0.25) is 5.91 Å². The van der Waals surface area contributed by atoms with E-state index >= 15 is 0 Å². The van der Waals surface area contributed by atoms with Crippen molar-refractivity contribution in [1.82, 2.24) is 15.0 Å². The minimum absolute atomic E-state index is 0.149. The van der Waals surface area contributed by atoms with E-state index in [1.807, 2.05) is 37.4 Å². The van der Waals surface area contributed by atoms with Crippen molar-refractivity contribution in [1.29, 1.82) is 0 Å². The molecule has 2 fully saturated rings. The maximum absolute atomic E-state index is 12.5. The highest BCUT2D eigenvalue weighted by molar-refractivity contribution is 5.92. The molecule has 2 aromatic heterocycles. The van der Waals surface area contributed by atoms with Crippen LogP contribution in [0.1, 0.15) is 71.1 Å². The number of aromatic amines is 1. The quantitative estimate of drug-likeness (QED) is 0.256. The van der Waals surface area contributed by atoms with Crippen LogP contribution >= 0.6 is 0 Å². The summed E-state index contributed by atoms with van der Waals surface area (Å²) in [5, 5.41) is 6.09. The molecule has 36 heavy (non-hydrogen) atoms. The largest absolute Gasteiger partial charge is 0.373 e. The summed E-state index contributed by atoms with van der Waals surface area (Å²) >= 11 is 0. The van der Waals surface area contributed by atoms with Gasteiger partial charge in [-0.3, -0.25) is 4.79 Å². The summed E-state index contributed by atoms with van der Waals surface area (Å²) in [6.45, 7) is 6.16. The lowest BCUT2D eigenvalue weighted by Crippen LogP contribution is -2.22. The van der Waals surface area contributed by atoms with Gasteiger partial charge < -0.3 is 15.6 Å². The van der Waals surface area contributed by atoms with Crippen molar-refractivity contribution in [2.24, 2.45) is 17.8 Å². The highest BCUT2D eigenvalue weighted by Crippen LogP contribution is 2.28. The van der Waals surface area contributed by atoms with Crippen molar-refractivity contribution in [3.05, 3.63) is 49.2 Å². The summed E-state index contributed by atoms with van der Waals surface area (Å²) in [7, 11) is 1.84. The third-order valence-electron chi connectivity index (χ3n) is 7.67. The standard InChI is InChI=1S/C21H25N5O.C9H16/c1-22-19-12-17-18(13-23-19)26-20(25-17)14-8-10-16(11-9-14)24-21(27)15-6-4-2-3-5-7-15;1-3-9-6-4-8(2)5-7-9/h8-13,15H,2-7H2,1H3,(H,22,23)(H,24,27)(H,25,26);3,8-9H,1,4-7H2,2H3. The number of carbonyl (C=O) groups is 1. The number of nitrogens with zero attached hydrogens (tertiary/aromatic N) is 2. The first-order valence-corrected chi connectivity index (χ1v) is 13.6. The molecule has 6 heteroatoms. The van der Waals surface area contributed by atoms with E-state index in [0.717, 1.165) is 71.4 Å². The fourth-order valence-corrected chi connectivity index (χ4v) is 5.20. The number of imidazole rings is 1. The van der Waals surface area contributed by atoms with Gasteiger partial charge in [0.1, 0.15) is 11.6 Å². The average molecular weight is 488 g/mol. The molecule has 2 saturated carbocycles. The Labute approximate surface area is 215 Å². The Kier molecular flexibility index (Phi) is 9.15. The minimum Gasteiger partial charge on any atom is -0.373 e. The minimum atomic E-state index is 0.149. The Bertz CT molecular complexity index is 1120. The van der Waals surface area contributed by atoms with E-state index in [2.05, 4.69) is 45.2 Å². The van der Waals surface area contributed by atoms with Gasteiger partial charge in [0.15, 0.2) is 0 Å². The number of carbonyl (C=O) groups excluding carboxylic acids is 1. The molecule has 6 nitrogen and oxygen atoms in total. The van der Waals surface area contributed by atoms with Crippen LogP contribution in [-0.4, -0.2) is 27.9 Å². The van der Waals surface area contributed by atoms with Crippen molar-refractivity contribution in [2.45, 2.75) is 71.1 Å². The van der Waals surface area contributed by atoms with Gasteiger partial charge in [0, 0.05) is 30.3 Å². The lowest BCUT2D eigenvalue weighted by atomic mass is 9.83. The molecule has 3 aromatic rings. The van der Waals surface area contributed by atoms with Crippen molar-refractivity contribution in [2.75, 3.05) is 17.7 Å². The molecule has 0 aliphatic heterocycles. The summed E-state index contributed by atoms with van der Waals surface area (Å²) in [5.41, 5.74) is 3.58. The van der Waals surface area contributed by atoms with Crippen molar-refractivity contribution in [3.63, 3.8) is 0 Å². The average Bonchev–Trinajstić information content (AvgIpc) is 3.14. The summed E-state index contributed by atoms with van der Waals surface area (Å²) in [5.74, 6) is 3.69. The number of nitrogens with one attached hydrogen (secondary N) is 3. The third-order valence-corrected chi connectivity index (χ3v) is 7.67. The SMILES string of the molecule is C=CC1CCC(C)CC1.CNc1cc2nc(-c3ccc(NC(=O)C4CCCCCC4)cc3)[nH]c2cn1. The van der Waals surface area contributed by atoms with Gasteiger partial charge in [-0.1, -0.05) is 51.5 Å². The van der Waals surface area contributed by atoms with Crippen LogP contribution < -0.4 is 10.6 Å². The monoisotopic (exact) mass is 487 g/mol. The van der Waals surface area contributed by atoms with Crippen molar-refractivity contribution < 1.29 is 4.79 Å². The Balaban J connectivity index is 0.000000286. The fourth-order valence-electron chi connectivity index (χ4n) is 5.20. The topological polar surface area (TPSA) is 82.7 Å². The molecule has 3 N–H and O–H groups in total. The Hall–Kier alpha value is -3.15. The molecule has 0 spiro atoms. The molecule has 2 aliphatic carbocycles. The first-order valence-electron chi connectivity index (χ1n) is 13.6. The number of amides is 1. The van der Waals surface area contributed by atoms with E-state index in [9.17, 15) is 4.79 Å². The van der Waals surface area contributed by atoms with E-state index < -0.39 is 0 Å². The summed E-state index contributed by atoms with van der Waals surface area (Å²) < 4.78 is 0. The van der Waals surface area contributed by atoms with Crippen LogP contribution in [0.25, 0.3) is 22.4 Å². The molecule has 2 heterocycles. The molecule has 0 radical (unpaired) electrons. The first kappa shape index (κ1) is 25.9. The van der Waals surface area contributed by atoms with Crippen LogP contribution in [0.5, 0.6) is 0 Å². The highest BCUT2D eigenvalue weighted by atomic mass is 16.1. The van der Waals surface area contributed by atoms with Crippen molar-refractivity contribution in [3.8, 4) is 11.4 Å². The number of allylic oxidation sites excluding steroid dienone is 1. The number of fused-ring (bicyclic) bond motifs is 1. The van der Waals surface area contributed by atoms with Gasteiger partial charge in [-0.15, -0.1) is 6.58 Å².